The van der Waals surface area contributed by atoms with Crippen LogP contribution in [0.1, 0.15) is 31.2 Å². The zero-order valence-corrected chi connectivity index (χ0v) is 20.7. The Labute approximate surface area is 206 Å². The monoisotopic (exact) mass is 482 g/mol. The van der Waals surface area contributed by atoms with Gasteiger partial charge in [0.15, 0.2) is 0 Å². The standard InChI is InChI=1S/C25H35FN8O/c1-31(2)24(35)21-15-18-16-28-25(30-23(18)34(21)19-5-3-4-6-19)29-22-8-7-20(17-27-22)33-13-11-32(10-9-26)12-14-33/h7-8,16-17,19,21H,3-6,9-15H2,1-2H3,(H,27,28,29,30). The molecule has 1 saturated carbocycles. The number of nitrogens with zero attached hydrogens (tertiary/aromatic N) is 7. The first kappa shape index (κ1) is 23.7. The Morgan fingerprint density at radius 1 is 1.11 bits per heavy atom. The third-order valence-electron chi connectivity index (χ3n) is 7.41. The van der Waals surface area contributed by atoms with Crippen molar-refractivity contribution in [2.24, 2.45) is 0 Å². The molecule has 5 rings (SSSR count). The van der Waals surface area contributed by atoms with Crippen LogP contribution in [0, 0.1) is 0 Å². The molecule has 2 aromatic heterocycles. The number of likely N-dealkylation sites (N-methyl/N-ethyl adjacent to an activating group) is 1. The quantitative estimate of drug-likeness (QED) is 0.645. The number of anilines is 4. The first-order chi connectivity index (χ1) is 17.0. The van der Waals surface area contributed by atoms with Gasteiger partial charge in [-0.05, 0) is 25.0 Å². The van der Waals surface area contributed by atoms with Crippen LogP contribution in [0.5, 0.6) is 0 Å². The van der Waals surface area contributed by atoms with Crippen molar-refractivity contribution >= 4 is 29.2 Å². The molecule has 35 heavy (non-hydrogen) atoms. The summed E-state index contributed by atoms with van der Waals surface area (Å²) >= 11 is 0. The highest BCUT2D eigenvalue weighted by molar-refractivity contribution is 5.87. The summed E-state index contributed by atoms with van der Waals surface area (Å²) in [5.74, 6) is 2.16. The molecular weight excluding hydrogens is 447 g/mol. The van der Waals surface area contributed by atoms with Crippen molar-refractivity contribution in [3.05, 3.63) is 30.1 Å². The maximum atomic E-state index is 13.0. The lowest BCUT2D eigenvalue weighted by molar-refractivity contribution is -0.130. The van der Waals surface area contributed by atoms with Crippen LogP contribution in [0.25, 0.3) is 0 Å². The van der Waals surface area contributed by atoms with Crippen molar-refractivity contribution in [1.82, 2.24) is 24.8 Å². The van der Waals surface area contributed by atoms with Gasteiger partial charge in [-0.3, -0.25) is 9.69 Å². The van der Waals surface area contributed by atoms with Crippen molar-refractivity contribution in [3.8, 4) is 0 Å². The van der Waals surface area contributed by atoms with Gasteiger partial charge in [-0.2, -0.15) is 4.98 Å². The lowest BCUT2D eigenvalue weighted by Gasteiger charge is -2.35. The molecule has 1 aliphatic carbocycles. The normalized spacial score (nSPS) is 20.8. The Kier molecular flexibility index (Phi) is 6.99. The van der Waals surface area contributed by atoms with Crippen LogP contribution in [0.3, 0.4) is 0 Å². The van der Waals surface area contributed by atoms with E-state index in [0.717, 1.165) is 56.1 Å². The van der Waals surface area contributed by atoms with Gasteiger partial charge in [-0.25, -0.2) is 14.4 Å². The van der Waals surface area contributed by atoms with Crippen molar-refractivity contribution in [2.45, 2.75) is 44.2 Å². The third kappa shape index (κ3) is 5.03. The molecule has 188 valence electrons. The number of carbonyl (C=O) groups excluding carboxylic acids is 1. The fourth-order valence-electron chi connectivity index (χ4n) is 5.50. The van der Waals surface area contributed by atoms with Crippen LogP contribution >= 0.6 is 0 Å². The number of hydrogen-bond donors (Lipinski definition) is 1. The summed E-state index contributed by atoms with van der Waals surface area (Å²) in [6.07, 6.45) is 8.92. The SMILES string of the molecule is CN(C)C(=O)C1Cc2cnc(Nc3ccc(N4CCN(CCF)CC4)cn3)nc2N1C1CCCC1. The average Bonchev–Trinajstić information content (AvgIpc) is 3.52. The van der Waals surface area contributed by atoms with Crippen LogP contribution in [0.15, 0.2) is 24.5 Å². The molecule has 2 aliphatic heterocycles. The van der Waals surface area contributed by atoms with Crippen LogP contribution in [-0.4, -0.2) is 96.2 Å². The van der Waals surface area contributed by atoms with E-state index in [1.165, 1.54) is 12.8 Å². The molecule has 2 fully saturated rings. The number of amides is 1. The van der Waals surface area contributed by atoms with Gasteiger partial charge >= 0.3 is 0 Å². The first-order valence-corrected chi connectivity index (χ1v) is 12.7. The highest BCUT2D eigenvalue weighted by Crippen LogP contribution is 2.38. The average molecular weight is 483 g/mol. The molecule has 1 amide bonds. The van der Waals surface area contributed by atoms with Crippen molar-refractivity contribution in [1.29, 1.82) is 0 Å². The Bertz CT molecular complexity index is 1020. The van der Waals surface area contributed by atoms with E-state index in [2.05, 4.69) is 30.0 Å². The smallest absolute Gasteiger partial charge is 0.245 e. The number of halogens is 1. The lowest BCUT2D eigenvalue weighted by Crippen LogP contribution is -2.49. The molecule has 1 N–H and O–H groups in total. The van der Waals surface area contributed by atoms with Gasteiger partial charge in [0.2, 0.25) is 11.9 Å². The maximum absolute atomic E-state index is 13.0. The zero-order chi connectivity index (χ0) is 24.4. The fourth-order valence-corrected chi connectivity index (χ4v) is 5.50. The number of alkyl halides is 1. The zero-order valence-electron chi connectivity index (χ0n) is 20.7. The molecule has 10 heteroatoms. The lowest BCUT2D eigenvalue weighted by atomic mass is 10.1. The highest BCUT2D eigenvalue weighted by atomic mass is 19.1. The second-order valence-corrected chi connectivity index (χ2v) is 9.88. The minimum absolute atomic E-state index is 0.118. The van der Waals surface area contributed by atoms with Gasteiger partial charge in [0.05, 0.1) is 11.9 Å². The Morgan fingerprint density at radius 3 is 2.54 bits per heavy atom. The predicted molar refractivity (Wildman–Crippen MR) is 135 cm³/mol. The molecule has 4 heterocycles. The summed E-state index contributed by atoms with van der Waals surface area (Å²) < 4.78 is 12.6. The molecule has 1 saturated heterocycles. The fraction of sp³-hybridized carbons (Fsp3) is 0.600. The van der Waals surface area contributed by atoms with E-state index in [1.807, 2.05) is 38.6 Å². The summed E-state index contributed by atoms with van der Waals surface area (Å²) in [7, 11) is 3.63. The number of nitrogens with one attached hydrogen (secondary N) is 1. The van der Waals surface area contributed by atoms with E-state index in [9.17, 15) is 9.18 Å². The number of fused-ring (bicyclic) bond motifs is 1. The van der Waals surface area contributed by atoms with Gasteiger partial charge in [0.25, 0.3) is 0 Å². The van der Waals surface area contributed by atoms with Crippen molar-refractivity contribution in [2.75, 3.05) is 68.6 Å². The topological polar surface area (TPSA) is 80.7 Å². The minimum Gasteiger partial charge on any atom is -0.368 e. The van der Waals surface area contributed by atoms with Crippen molar-refractivity contribution < 1.29 is 9.18 Å². The Morgan fingerprint density at radius 2 is 1.89 bits per heavy atom. The van der Waals surface area contributed by atoms with E-state index in [1.54, 1.807) is 4.90 Å². The van der Waals surface area contributed by atoms with E-state index in [4.69, 9.17) is 4.98 Å². The second kappa shape index (κ2) is 10.3. The Hall–Kier alpha value is -3.01. The van der Waals surface area contributed by atoms with Gasteiger partial charge in [0, 0.05) is 71.0 Å². The van der Waals surface area contributed by atoms with Gasteiger partial charge < -0.3 is 20.0 Å². The Balaban J connectivity index is 1.29. The molecule has 0 aromatic carbocycles. The predicted octanol–water partition coefficient (Wildman–Crippen LogP) is 2.47. The van der Waals surface area contributed by atoms with Crippen LogP contribution in [0.2, 0.25) is 0 Å². The molecule has 0 radical (unpaired) electrons. The summed E-state index contributed by atoms with van der Waals surface area (Å²) in [5.41, 5.74) is 2.08. The number of aromatic nitrogens is 3. The van der Waals surface area contributed by atoms with E-state index < -0.39 is 0 Å². The van der Waals surface area contributed by atoms with E-state index >= 15 is 0 Å². The van der Waals surface area contributed by atoms with E-state index in [0.29, 0.717) is 30.8 Å². The van der Waals surface area contributed by atoms with Crippen LogP contribution in [0.4, 0.5) is 27.7 Å². The minimum atomic E-state index is -0.294. The molecule has 0 spiro atoms. The highest BCUT2D eigenvalue weighted by Gasteiger charge is 2.41. The third-order valence-corrected chi connectivity index (χ3v) is 7.41. The van der Waals surface area contributed by atoms with E-state index in [-0.39, 0.29) is 18.6 Å². The van der Waals surface area contributed by atoms with Gasteiger partial charge in [0.1, 0.15) is 24.4 Å². The van der Waals surface area contributed by atoms with Gasteiger partial charge in [-0.1, -0.05) is 12.8 Å². The molecule has 9 nitrogen and oxygen atoms in total. The summed E-state index contributed by atoms with van der Waals surface area (Å²) in [6.45, 7) is 3.68. The molecule has 3 aliphatic rings. The summed E-state index contributed by atoms with van der Waals surface area (Å²) in [4.78, 5) is 35.3. The summed E-state index contributed by atoms with van der Waals surface area (Å²) in [5, 5.41) is 3.24. The van der Waals surface area contributed by atoms with Crippen LogP contribution < -0.4 is 15.1 Å². The van der Waals surface area contributed by atoms with Crippen LogP contribution in [-0.2, 0) is 11.2 Å². The number of hydrogen-bond acceptors (Lipinski definition) is 8. The number of pyridine rings is 1. The van der Waals surface area contributed by atoms with Crippen molar-refractivity contribution in [3.63, 3.8) is 0 Å². The molecule has 1 atom stereocenters. The number of piperazine rings is 1. The maximum Gasteiger partial charge on any atom is 0.245 e. The second-order valence-electron chi connectivity index (χ2n) is 9.88. The van der Waals surface area contributed by atoms with Gasteiger partial charge in [-0.15, -0.1) is 0 Å². The number of rotatable bonds is 7. The first-order valence-electron chi connectivity index (χ1n) is 12.7. The molecular formula is C25H35FN8O. The summed E-state index contributed by atoms with van der Waals surface area (Å²) in [6, 6.07) is 4.11. The number of carbonyl (C=O) groups is 1. The molecule has 0 bridgehead atoms. The largest absolute Gasteiger partial charge is 0.368 e. The molecule has 1 unspecified atom stereocenters. The molecule has 2 aromatic rings.